The summed E-state index contributed by atoms with van der Waals surface area (Å²) in [4.78, 5) is 43.1. The lowest BCUT2D eigenvalue weighted by Gasteiger charge is -2.41. The highest BCUT2D eigenvalue weighted by Crippen LogP contribution is 2.30. The van der Waals surface area contributed by atoms with Gasteiger partial charge in [-0.25, -0.2) is 0 Å². The van der Waals surface area contributed by atoms with Gasteiger partial charge in [0.15, 0.2) is 12.7 Å². The molecule has 232 valence electrons. The van der Waals surface area contributed by atoms with Crippen molar-refractivity contribution in [1.29, 1.82) is 0 Å². The van der Waals surface area contributed by atoms with Crippen LogP contribution in [0.2, 0.25) is 0 Å². The average molecular weight is 610 g/mol. The molecule has 2 N–H and O–H groups in total. The molecule has 0 fully saturated rings. The zero-order chi connectivity index (χ0) is 31.9. The quantitative estimate of drug-likeness (QED) is 0.336. The molecule has 0 saturated carbocycles. The van der Waals surface area contributed by atoms with E-state index in [0.29, 0.717) is 16.9 Å². The second-order valence-corrected chi connectivity index (χ2v) is 10.7. The number of amides is 3. The molecule has 0 spiro atoms. The predicted molar refractivity (Wildman–Crippen MR) is 158 cm³/mol. The lowest BCUT2D eigenvalue weighted by Crippen LogP contribution is -2.58. The Balaban J connectivity index is 1.62. The fourth-order valence-corrected chi connectivity index (χ4v) is 4.99. The first-order valence-corrected chi connectivity index (χ1v) is 14.1. The number of halogens is 3. The van der Waals surface area contributed by atoms with Gasteiger partial charge in [-0.1, -0.05) is 92.7 Å². The molecule has 0 aromatic heterocycles. The average Bonchev–Trinajstić information content (AvgIpc) is 3.00. The molecule has 1 aliphatic rings. The molecule has 0 saturated heterocycles. The van der Waals surface area contributed by atoms with Gasteiger partial charge in [-0.3, -0.25) is 19.3 Å². The highest BCUT2D eigenvalue weighted by molar-refractivity contribution is 6.00. The fraction of sp³-hybridized carbons (Fsp3) is 0.303. The molecule has 3 aromatic rings. The van der Waals surface area contributed by atoms with Crippen molar-refractivity contribution in [1.82, 2.24) is 15.1 Å². The molecule has 11 heteroatoms. The monoisotopic (exact) mass is 609 g/mol. The number of benzene rings is 3. The van der Waals surface area contributed by atoms with E-state index >= 15 is 0 Å². The highest BCUT2D eigenvalue weighted by Gasteiger charge is 2.45. The number of carbonyl (C=O) groups is 3. The third kappa shape index (κ3) is 8.04. The van der Waals surface area contributed by atoms with Crippen molar-refractivity contribution < 1.29 is 37.4 Å². The molecule has 3 amide bonds. The van der Waals surface area contributed by atoms with Crippen molar-refractivity contribution in [3.05, 3.63) is 108 Å². The lowest BCUT2D eigenvalue weighted by atomic mass is 9.96. The second kappa shape index (κ2) is 14.2. The molecule has 3 atom stereocenters. The van der Waals surface area contributed by atoms with Crippen molar-refractivity contribution in [3.63, 3.8) is 0 Å². The Morgan fingerprint density at radius 2 is 1.50 bits per heavy atom. The number of carbonyl (C=O) groups excluding carboxylic acids is 3. The number of nitrogens with one attached hydrogen (secondary N) is 1. The number of alkyl halides is 3. The van der Waals surface area contributed by atoms with Crippen molar-refractivity contribution >= 4 is 23.4 Å². The highest BCUT2D eigenvalue weighted by atomic mass is 19.4. The molecule has 0 radical (unpaired) electrons. The van der Waals surface area contributed by atoms with E-state index in [1.54, 1.807) is 105 Å². The number of hydrogen-bond donors (Lipinski definition) is 2. The van der Waals surface area contributed by atoms with Crippen molar-refractivity contribution in [2.24, 2.45) is 5.92 Å². The van der Waals surface area contributed by atoms with E-state index in [9.17, 15) is 32.7 Å². The van der Waals surface area contributed by atoms with Crippen LogP contribution in [0.25, 0.3) is 5.70 Å². The van der Waals surface area contributed by atoms with Gasteiger partial charge in [-0.15, -0.1) is 0 Å². The largest absolute Gasteiger partial charge is 0.484 e. The van der Waals surface area contributed by atoms with E-state index < -0.39 is 48.6 Å². The van der Waals surface area contributed by atoms with Crippen molar-refractivity contribution in [2.45, 2.75) is 44.6 Å². The van der Waals surface area contributed by atoms with Crippen LogP contribution in [0.15, 0.2) is 97.2 Å². The maximum atomic E-state index is 14.0. The normalized spacial score (nSPS) is 16.8. The number of para-hydroxylation sites is 1. The molecule has 0 bridgehead atoms. The fourth-order valence-electron chi connectivity index (χ4n) is 4.99. The number of ether oxygens (including phenoxy) is 1. The van der Waals surface area contributed by atoms with Gasteiger partial charge in [0.05, 0.1) is 11.7 Å². The molecular weight excluding hydrogens is 575 g/mol. The SMILES string of the molecule is CC(C)C1C(=O)N(CC(=O)NC(Cc2ccccc2)C(O)C(F)(F)F)C(c2ccccc2)=CN1C(=O)COc1ccccc1. The maximum Gasteiger partial charge on any atom is 0.416 e. The van der Waals surface area contributed by atoms with E-state index in [4.69, 9.17) is 4.74 Å². The minimum absolute atomic E-state index is 0.215. The van der Waals surface area contributed by atoms with Gasteiger partial charge in [0.1, 0.15) is 18.3 Å². The van der Waals surface area contributed by atoms with Crippen LogP contribution in [-0.4, -0.2) is 70.1 Å². The van der Waals surface area contributed by atoms with Crippen LogP contribution in [0.5, 0.6) is 5.75 Å². The zero-order valence-corrected chi connectivity index (χ0v) is 24.3. The number of rotatable bonds is 11. The number of aliphatic hydroxyl groups excluding tert-OH is 1. The van der Waals surface area contributed by atoms with Crippen LogP contribution in [0.4, 0.5) is 13.2 Å². The van der Waals surface area contributed by atoms with Crippen LogP contribution in [0.1, 0.15) is 25.0 Å². The van der Waals surface area contributed by atoms with Crippen LogP contribution < -0.4 is 10.1 Å². The van der Waals surface area contributed by atoms with Gasteiger partial charge in [-0.2, -0.15) is 13.2 Å². The number of hydrogen-bond acceptors (Lipinski definition) is 5. The maximum absolute atomic E-state index is 14.0. The molecule has 44 heavy (non-hydrogen) atoms. The first-order chi connectivity index (χ1) is 21.0. The van der Waals surface area contributed by atoms with Gasteiger partial charge in [0, 0.05) is 6.20 Å². The molecule has 3 aromatic carbocycles. The van der Waals surface area contributed by atoms with Crippen LogP contribution in [0.3, 0.4) is 0 Å². The third-order valence-corrected chi connectivity index (χ3v) is 7.13. The third-order valence-electron chi connectivity index (χ3n) is 7.13. The molecule has 3 unspecified atom stereocenters. The van der Waals surface area contributed by atoms with Crippen LogP contribution in [0, 0.1) is 5.92 Å². The van der Waals surface area contributed by atoms with E-state index in [0.717, 1.165) is 4.90 Å². The Labute approximate surface area is 253 Å². The topological polar surface area (TPSA) is 99.2 Å². The summed E-state index contributed by atoms with van der Waals surface area (Å²) in [5.41, 5.74) is 1.20. The Kier molecular flexibility index (Phi) is 10.4. The molecule has 8 nitrogen and oxygen atoms in total. The summed E-state index contributed by atoms with van der Waals surface area (Å²) >= 11 is 0. The molecule has 1 aliphatic heterocycles. The Hall–Kier alpha value is -4.64. The summed E-state index contributed by atoms with van der Waals surface area (Å²) in [7, 11) is 0. The minimum atomic E-state index is -4.99. The predicted octanol–water partition coefficient (Wildman–Crippen LogP) is 4.41. The van der Waals surface area contributed by atoms with Gasteiger partial charge >= 0.3 is 6.18 Å². The minimum Gasteiger partial charge on any atom is -0.484 e. The standard InChI is InChI=1S/C33H34F3N3O5/c1-22(2)30-32(43)38(20-28(40)37-26(31(42)33(34,35)36)18-23-12-6-3-7-13-23)27(24-14-8-4-9-15-24)19-39(30)29(41)21-44-25-16-10-5-11-17-25/h3-17,19,22,26,30-31,42H,18,20-21H2,1-2H3,(H,37,40). The smallest absolute Gasteiger partial charge is 0.416 e. The zero-order valence-electron chi connectivity index (χ0n) is 24.3. The van der Waals surface area contributed by atoms with Gasteiger partial charge in [-0.05, 0) is 35.6 Å². The van der Waals surface area contributed by atoms with Gasteiger partial charge < -0.3 is 20.1 Å². The van der Waals surface area contributed by atoms with Crippen molar-refractivity contribution in [2.75, 3.05) is 13.2 Å². The molecule has 4 rings (SSSR count). The Morgan fingerprint density at radius 3 is 2.07 bits per heavy atom. The van der Waals surface area contributed by atoms with Crippen molar-refractivity contribution in [3.8, 4) is 5.75 Å². The van der Waals surface area contributed by atoms with Crippen LogP contribution in [-0.2, 0) is 20.8 Å². The number of nitrogens with zero attached hydrogens (tertiary/aromatic N) is 2. The van der Waals surface area contributed by atoms with Gasteiger partial charge in [0.25, 0.3) is 11.8 Å². The van der Waals surface area contributed by atoms with E-state index in [1.807, 2.05) is 0 Å². The molecular formula is C33H34F3N3O5. The Bertz CT molecular complexity index is 1450. The summed E-state index contributed by atoms with van der Waals surface area (Å²) < 4.78 is 46.3. The summed E-state index contributed by atoms with van der Waals surface area (Å²) in [6.07, 6.45) is -6.65. The summed E-state index contributed by atoms with van der Waals surface area (Å²) in [6, 6.07) is 22.7. The van der Waals surface area contributed by atoms with Gasteiger partial charge in [0.2, 0.25) is 5.91 Å². The first-order valence-electron chi connectivity index (χ1n) is 14.1. The lowest BCUT2D eigenvalue weighted by molar-refractivity contribution is -0.212. The molecule has 1 heterocycles. The summed E-state index contributed by atoms with van der Waals surface area (Å²) in [5.74, 6) is -1.89. The Morgan fingerprint density at radius 1 is 0.932 bits per heavy atom. The van der Waals surface area contributed by atoms with Crippen LogP contribution >= 0.6 is 0 Å². The summed E-state index contributed by atoms with van der Waals surface area (Å²) in [6.45, 7) is 2.50. The van der Waals surface area contributed by atoms with E-state index in [-0.39, 0.29) is 24.6 Å². The summed E-state index contributed by atoms with van der Waals surface area (Å²) in [5, 5.41) is 12.4. The first kappa shape index (κ1) is 32.3. The molecule has 0 aliphatic carbocycles. The van der Waals surface area contributed by atoms with E-state index in [1.165, 1.54) is 11.1 Å². The number of aliphatic hydroxyl groups is 1. The second-order valence-electron chi connectivity index (χ2n) is 10.7. The van der Waals surface area contributed by atoms with E-state index in [2.05, 4.69) is 5.32 Å².